The zero-order valence-corrected chi connectivity index (χ0v) is 10.6. The molecule has 0 spiro atoms. The predicted octanol–water partition coefficient (Wildman–Crippen LogP) is 3.26. The summed E-state index contributed by atoms with van der Waals surface area (Å²) in [7, 11) is 0. The van der Waals surface area contributed by atoms with E-state index in [-0.39, 0.29) is 24.3 Å². The van der Waals surface area contributed by atoms with Crippen LogP contribution in [-0.2, 0) is 9.53 Å². The number of aromatic hydroxyl groups is 1. The number of hydrogen-bond donors (Lipinski definition) is 1. The Balaban J connectivity index is 2.84. The largest absolute Gasteiger partial charge is 0.573 e. The van der Waals surface area contributed by atoms with E-state index in [9.17, 15) is 23.1 Å². The van der Waals surface area contributed by atoms with Crippen molar-refractivity contribution in [3.05, 3.63) is 29.8 Å². The highest BCUT2D eigenvalue weighted by Gasteiger charge is 2.31. The van der Waals surface area contributed by atoms with Crippen LogP contribution in [0.5, 0.6) is 11.5 Å². The lowest BCUT2D eigenvalue weighted by Crippen LogP contribution is -2.17. The Kier molecular flexibility index (Phi) is 5.42. The molecule has 20 heavy (non-hydrogen) atoms. The number of rotatable bonds is 5. The third-order valence-corrected chi connectivity index (χ3v) is 2.11. The fraction of sp³-hybridized carbons (Fsp3) is 0.308. The van der Waals surface area contributed by atoms with Crippen molar-refractivity contribution >= 4 is 12.0 Å². The van der Waals surface area contributed by atoms with Crippen molar-refractivity contribution in [3.8, 4) is 11.5 Å². The summed E-state index contributed by atoms with van der Waals surface area (Å²) >= 11 is 0. The van der Waals surface area contributed by atoms with Crippen LogP contribution in [0.15, 0.2) is 24.3 Å². The van der Waals surface area contributed by atoms with Crippen molar-refractivity contribution < 1.29 is 32.5 Å². The molecule has 110 valence electrons. The van der Waals surface area contributed by atoms with Crippen molar-refractivity contribution in [1.29, 1.82) is 0 Å². The quantitative estimate of drug-likeness (QED) is 0.846. The average Bonchev–Trinajstić information content (AvgIpc) is 2.31. The van der Waals surface area contributed by atoms with Crippen LogP contribution in [0.1, 0.15) is 18.9 Å². The van der Waals surface area contributed by atoms with Gasteiger partial charge in [-0.05, 0) is 25.1 Å². The maximum atomic E-state index is 12.2. The van der Waals surface area contributed by atoms with Gasteiger partial charge in [0.05, 0.1) is 13.0 Å². The monoisotopic (exact) mass is 290 g/mol. The van der Waals surface area contributed by atoms with Crippen LogP contribution in [0.4, 0.5) is 13.2 Å². The van der Waals surface area contributed by atoms with Gasteiger partial charge in [-0.3, -0.25) is 4.79 Å². The Labute approximate surface area is 113 Å². The van der Waals surface area contributed by atoms with Crippen molar-refractivity contribution in [1.82, 2.24) is 0 Å². The minimum Gasteiger partial charge on any atom is -0.508 e. The Morgan fingerprint density at radius 3 is 2.70 bits per heavy atom. The molecule has 0 aliphatic carbocycles. The van der Waals surface area contributed by atoms with Crippen LogP contribution in [0.2, 0.25) is 0 Å². The lowest BCUT2D eigenvalue weighted by atomic mass is 10.1. The Hall–Kier alpha value is -2.18. The first-order valence-corrected chi connectivity index (χ1v) is 5.72. The molecule has 7 heteroatoms. The standard InChI is InChI=1S/C13H13F3O4/c1-2-19-12(18)5-3-4-9-8-10(17)6-7-11(9)20-13(14,15)16/h3-4,6-8,17H,2,5H2,1H3. The molecule has 0 saturated heterocycles. The lowest BCUT2D eigenvalue weighted by Gasteiger charge is -2.11. The molecule has 0 unspecified atom stereocenters. The second kappa shape index (κ2) is 6.83. The van der Waals surface area contributed by atoms with E-state index >= 15 is 0 Å². The summed E-state index contributed by atoms with van der Waals surface area (Å²) in [6.07, 6.45) is -2.34. The molecule has 0 aromatic heterocycles. The first-order valence-electron chi connectivity index (χ1n) is 5.72. The number of esters is 1. The maximum absolute atomic E-state index is 12.2. The molecule has 1 rings (SSSR count). The van der Waals surface area contributed by atoms with Gasteiger partial charge in [-0.25, -0.2) is 0 Å². The molecule has 0 aliphatic rings. The summed E-state index contributed by atoms with van der Waals surface area (Å²) in [6, 6.07) is 3.17. The SMILES string of the molecule is CCOC(=O)CC=Cc1cc(O)ccc1OC(F)(F)F. The average molecular weight is 290 g/mol. The number of phenols is 1. The summed E-state index contributed by atoms with van der Waals surface area (Å²) < 4.78 is 45.0. The van der Waals surface area contributed by atoms with Gasteiger partial charge in [-0.1, -0.05) is 12.2 Å². The topological polar surface area (TPSA) is 55.8 Å². The number of hydrogen-bond acceptors (Lipinski definition) is 4. The Morgan fingerprint density at radius 1 is 1.40 bits per heavy atom. The molecule has 0 amide bonds. The van der Waals surface area contributed by atoms with Crippen LogP contribution in [0, 0.1) is 0 Å². The fourth-order valence-electron chi connectivity index (χ4n) is 1.39. The molecule has 4 nitrogen and oxygen atoms in total. The molecule has 1 N–H and O–H groups in total. The van der Waals surface area contributed by atoms with Gasteiger partial charge in [0.1, 0.15) is 11.5 Å². The molecule has 0 aliphatic heterocycles. The second-order valence-corrected chi connectivity index (χ2v) is 3.68. The number of carbonyl (C=O) groups excluding carboxylic acids is 1. The molecule has 1 aromatic carbocycles. The van der Waals surface area contributed by atoms with E-state index < -0.39 is 18.1 Å². The van der Waals surface area contributed by atoms with Crippen molar-refractivity contribution in [2.45, 2.75) is 19.7 Å². The Morgan fingerprint density at radius 2 is 2.10 bits per heavy atom. The summed E-state index contributed by atoms with van der Waals surface area (Å²) in [5.74, 6) is -1.17. The number of benzene rings is 1. The van der Waals surface area contributed by atoms with Crippen LogP contribution in [-0.4, -0.2) is 24.0 Å². The Bertz CT molecular complexity index is 495. The minimum absolute atomic E-state index is 0.00613. The first-order chi connectivity index (χ1) is 9.31. The first kappa shape index (κ1) is 15.9. The van der Waals surface area contributed by atoms with Crippen LogP contribution >= 0.6 is 0 Å². The highest BCUT2D eigenvalue weighted by Crippen LogP contribution is 2.30. The van der Waals surface area contributed by atoms with E-state index in [1.54, 1.807) is 6.92 Å². The van der Waals surface area contributed by atoms with Gasteiger partial charge in [0, 0.05) is 5.56 Å². The van der Waals surface area contributed by atoms with Crippen molar-refractivity contribution in [2.75, 3.05) is 6.61 Å². The summed E-state index contributed by atoms with van der Waals surface area (Å²) in [6.45, 7) is 1.87. The van der Waals surface area contributed by atoms with E-state index in [0.29, 0.717) is 0 Å². The van der Waals surface area contributed by atoms with E-state index in [0.717, 1.165) is 18.2 Å². The lowest BCUT2D eigenvalue weighted by molar-refractivity contribution is -0.274. The second-order valence-electron chi connectivity index (χ2n) is 3.68. The van der Waals surface area contributed by atoms with Crippen LogP contribution < -0.4 is 4.74 Å². The molecule has 0 fully saturated rings. The van der Waals surface area contributed by atoms with Gasteiger partial charge in [0.2, 0.25) is 0 Å². The summed E-state index contributed by atoms with van der Waals surface area (Å²) in [5.41, 5.74) is 0.00613. The number of carbonyl (C=O) groups is 1. The number of alkyl halides is 3. The third-order valence-electron chi connectivity index (χ3n) is 2.11. The number of ether oxygens (including phenoxy) is 2. The summed E-state index contributed by atoms with van der Waals surface area (Å²) in [5, 5.41) is 9.27. The van der Waals surface area contributed by atoms with Gasteiger partial charge in [-0.15, -0.1) is 13.2 Å². The number of phenolic OH excluding ortho intramolecular Hbond substituents is 1. The van der Waals surface area contributed by atoms with Crippen LogP contribution in [0.3, 0.4) is 0 Å². The fourth-order valence-corrected chi connectivity index (χ4v) is 1.39. The van der Waals surface area contributed by atoms with Gasteiger partial charge < -0.3 is 14.6 Å². The van der Waals surface area contributed by atoms with E-state index in [2.05, 4.69) is 9.47 Å². The molecular weight excluding hydrogens is 277 g/mol. The molecule has 0 saturated carbocycles. The van der Waals surface area contributed by atoms with Crippen LogP contribution in [0.25, 0.3) is 6.08 Å². The molecule has 0 atom stereocenters. The third kappa shape index (κ3) is 5.64. The molecule has 0 radical (unpaired) electrons. The highest BCUT2D eigenvalue weighted by atomic mass is 19.4. The zero-order valence-electron chi connectivity index (χ0n) is 10.6. The van der Waals surface area contributed by atoms with Crippen molar-refractivity contribution in [2.24, 2.45) is 0 Å². The molecule has 0 heterocycles. The van der Waals surface area contributed by atoms with Gasteiger partial charge >= 0.3 is 12.3 Å². The summed E-state index contributed by atoms with van der Waals surface area (Å²) in [4.78, 5) is 11.1. The zero-order chi connectivity index (χ0) is 15.2. The van der Waals surface area contributed by atoms with Gasteiger partial charge in [0.25, 0.3) is 0 Å². The maximum Gasteiger partial charge on any atom is 0.573 e. The smallest absolute Gasteiger partial charge is 0.508 e. The highest BCUT2D eigenvalue weighted by molar-refractivity contribution is 5.73. The van der Waals surface area contributed by atoms with Gasteiger partial charge in [-0.2, -0.15) is 0 Å². The van der Waals surface area contributed by atoms with Crippen molar-refractivity contribution in [3.63, 3.8) is 0 Å². The van der Waals surface area contributed by atoms with E-state index in [4.69, 9.17) is 0 Å². The molecule has 0 bridgehead atoms. The molecule has 1 aromatic rings. The normalized spacial score (nSPS) is 11.6. The molecular formula is C13H13F3O4. The number of halogens is 3. The van der Waals surface area contributed by atoms with E-state index in [1.165, 1.54) is 12.2 Å². The predicted molar refractivity (Wildman–Crippen MR) is 65.1 cm³/mol. The minimum atomic E-state index is -4.83. The van der Waals surface area contributed by atoms with Gasteiger partial charge in [0.15, 0.2) is 0 Å². The van der Waals surface area contributed by atoms with E-state index in [1.807, 2.05) is 0 Å².